The molecule has 0 aliphatic rings. The second-order valence-electron chi connectivity index (χ2n) is 3.30. The number of fused-ring (bicyclic) bond motifs is 1. The quantitative estimate of drug-likeness (QED) is 0.747. The van der Waals surface area contributed by atoms with Crippen LogP contribution in [0.2, 0.25) is 5.02 Å². The molecule has 0 aliphatic carbocycles. The van der Waals surface area contributed by atoms with Crippen molar-refractivity contribution in [2.45, 2.75) is 21.3 Å². The number of nitrogen functional groups attached to an aromatic ring is 1. The zero-order chi connectivity index (χ0) is 10.3. The largest absolute Gasteiger partial charge is 0.383 e. The number of anilines is 1. The van der Waals surface area contributed by atoms with Crippen molar-refractivity contribution in [1.82, 2.24) is 9.97 Å². The minimum absolute atomic E-state index is 0. The molecule has 2 N–H and O–H groups in total. The van der Waals surface area contributed by atoms with Crippen LogP contribution in [-0.4, -0.2) is 9.97 Å². The number of rotatable bonds is 0. The van der Waals surface area contributed by atoms with E-state index in [0.717, 1.165) is 16.5 Å². The molecule has 80 valence electrons. The summed E-state index contributed by atoms with van der Waals surface area (Å²) in [6.45, 7) is 3.78. The van der Waals surface area contributed by atoms with Crippen LogP contribution in [0.15, 0.2) is 12.1 Å². The fourth-order valence-electron chi connectivity index (χ4n) is 1.50. The maximum atomic E-state index is 6.06. The summed E-state index contributed by atoms with van der Waals surface area (Å²) in [6, 6.07) is 3.81. The Hall–Kier alpha value is -1.35. The molecule has 0 radical (unpaired) electrons. The van der Waals surface area contributed by atoms with Crippen molar-refractivity contribution in [2.24, 2.45) is 0 Å². The average Bonchev–Trinajstić information content (AvgIpc) is 1.99. The summed E-state index contributed by atoms with van der Waals surface area (Å²) < 4.78 is 0. The van der Waals surface area contributed by atoms with E-state index in [1.165, 1.54) is 0 Å². The van der Waals surface area contributed by atoms with Gasteiger partial charge in [0, 0.05) is 0 Å². The van der Waals surface area contributed by atoms with Crippen LogP contribution in [-0.2, 0) is 0 Å². The van der Waals surface area contributed by atoms with Crippen LogP contribution in [0.4, 0.5) is 5.82 Å². The molecule has 2 rings (SSSR count). The van der Waals surface area contributed by atoms with E-state index in [9.17, 15) is 0 Å². The van der Waals surface area contributed by atoms with E-state index in [1.54, 1.807) is 0 Å². The number of nitrogens with zero attached hydrogens (tertiary/aromatic N) is 2. The highest BCUT2D eigenvalue weighted by Gasteiger charge is 2.07. The van der Waals surface area contributed by atoms with Crippen LogP contribution < -0.4 is 5.73 Å². The number of hydrogen-bond acceptors (Lipinski definition) is 3. The molecule has 0 saturated heterocycles. The molecule has 1 aromatic carbocycles. The third-order valence-corrected chi connectivity index (χ3v) is 2.33. The van der Waals surface area contributed by atoms with E-state index in [2.05, 4.69) is 9.97 Å². The highest BCUT2D eigenvalue weighted by molar-refractivity contribution is 6.36. The van der Waals surface area contributed by atoms with Gasteiger partial charge in [-0.15, -0.1) is 0 Å². The molecule has 0 bridgehead atoms. The Morgan fingerprint density at radius 2 is 1.87 bits per heavy atom. The van der Waals surface area contributed by atoms with Crippen LogP contribution in [0, 0.1) is 13.8 Å². The van der Waals surface area contributed by atoms with Crippen molar-refractivity contribution in [3.63, 3.8) is 0 Å². The van der Waals surface area contributed by atoms with Gasteiger partial charge in [0.1, 0.15) is 11.6 Å². The van der Waals surface area contributed by atoms with Gasteiger partial charge in [0.05, 0.1) is 15.9 Å². The summed E-state index contributed by atoms with van der Waals surface area (Å²) >= 11 is 6.06. The first-order chi connectivity index (χ1) is 6.58. The topological polar surface area (TPSA) is 51.8 Å². The Kier molecular flexibility index (Phi) is 3.15. The molecule has 2 aromatic rings. The van der Waals surface area contributed by atoms with Crippen LogP contribution in [0.25, 0.3) is 10.9 Å². The summed E-state index contributed by atoms with van der Waals surface area (Å²) in [5, 5.41) is 1.35. The van der Waals surface area contributed by atoms with Crippen molar-refractivity contribution in [3.05, 3.63) is 28.5 Å². The number of hydrogen-bond donors (Lipinski definition) is 1. The van der Waals surface area contributed by atoms with Gasteiger partial charge in [-0.05, 0) is 31.5 Å². The molecule has 0 aliphatic heterocycles. The summed E-state index contributed by atoms with van der Waals surface area (Å²) in [4.78, 5) is 8.36. The van der Waals surface area contributed by atoms with E-state index in [0.29, 0.717) is 16.7 Å². The number of halogens is 1. The Balaban J connectivity index is 0.00000112. The van der Waals surface area contributed by atoms with Crippen LogP contribution in [0.1, 0.15) is 18.8 Å². The van der Waals surface area contributed by atoms with Crippen LogP contribution >= 0.6 is 11.6 Å². The number of nitrogens with two attached hydrogens (primary N) is 1. The maximum absolute atomic E-state index is 6.06. The zero-order valence-electron chi connectivity index (χ0n) is 8.00. The van der Waals surface area contributed by atoms with Crippen molar-refractivity contribution in [2.75, 3.05) is 5.73 Å². The molecular formula is C11H14ClN3. The lowest BCUT2D eigenvalue weighted by atomic mass is 10.1. The second-order valence-corrected chi connectivity index (χ2v) is 3.70. The maximum Gasteiger partial charge on any atom is 0.136 e. The molecule has 0 spiro atoms. The molecule has 0 fully saturated rings. The van der Waals surface area contributed by atoms with Gasteiger partial charge >= 0.3 is 0 Å². The second kappa shape index (κ2) is 4.03. The third kappa shape index (κ3) is 2.02. The van der Waals surface area contributed by atoms with E-state index in [-0.39, 0.29) is 7.43 Å². The van der Waals surface area contributed by atoms with E-state index in [1.807, 2.05) is 26.0 Å². The van der Waals surface area contributed by atoms with Crippen molar-refractivity contribution in [1.29, 1.82) is 0 Å². The minimum atomic E-state index is 0. The third-order valence-electron chi connectivity index (χ3n) is 2.03. The number of benzene rings is 1. The molecule has 0 amide bonds. The van der Waals surface area contributed by atoms with Gasteiger partial charge in [0.15, 0.2) is 0 Å². The summed E-state index contributed by atoms with van der Waals surface area (Å²) in [6.07, 6.45) is 0. The number of aryl methyl sites for hydroxylation is 2. The molecule has 0 unspecified atom stereocenters. The lowest BCUT2D eigenvalue weighted by molar-refractivity contribution is 1.10. The molecule has 1 heterocycles. The fraction of sp³-hybridized carbons (Fsp3) is 0.273. The van der Waals surface area contributed by atoms with Gasteiger partial charge in [-0.25, -0.2) is 9.97 Å². The monoisotopic (exact) mass is 223 g/mol. The van der Waals surface area contributed by atoms with Crippen molar-refractivity contribution in [3.8, 4) is 0 Å². The van der Waals surface area contributed by atoms with E-state index in [4.69, 9.17) is 17.3 Å². The molecule has 4 heteroatoms. The van der Waals surface area contributed by atoms with Crippen molar-refractivity contribution >= 4 is 28.3 Å². The molecule has 0 atom stereocenters. The first-order valence-electron chi connectivity index (χ1n) is 4.28. The van der Waals surface area contributed by atoms with Gasteiger partial charge in [-0.1, -0.05) is 19.0 Å². The smallest absolute Gasteiger partial charge is 0.136 e. The highest BCUT2D eigenvalue weighted by atomic mass is 35.5. The van der Waals surface area contributed by atoms with Gasteiger partial charge in [-0.2, -0.15) is 0 Å². The number of aromatic nitrogens is 2. The van der Waals surface area contributed by atoms with Gasteiger partial charge in [0.2, 0.25) is 0 Å². The fourth-order valence-corrected chi connectivity index (χ4v) is 1.86. The van der Waals surface area contributed by atoms with Crippen LogP contribution in [0.5, 0.6) is 0 Å². The van der Waals surface area contributed by atoms with E-state index < -0.39 is 0 Å². The zero-order valence-corrected chi connectivity index (χ0v) is 8.76. The summed E-state index contributed by atoms with van der Waals surface area (Å²) in [5.41, 5.74) is 7.65. The van der Waals surface area contributed by atoms with Gasteiger partial charge < -0.3 is 5.73 Å². The lowest BCUT2D eigenvalue weighted by Crippen LogP contribution is -1.98. The van der Waals surface area contributed by atoms with Crippen LogP contribution in [0.3, 0.4) is 0 Å². The standard InChI is InChI=1S/C10H10ClN3.CH4/c1-5-3-7(11)9-8(4-5)13-6(2)14-10(9)12;/h3-4H,1-2H3,(H2,12,13,14);1H4. The summed E-state index contributed by atoms with van der Waals surface area (Å²) in [7, 11) is 0. The lowest BCUT2D eigenvalue weighted by Gasteiger charge is -2.05. The van der Waals surface area contributed by atoms with Gasteiger partial charge in [-0.3, -0.25) is 0 Å². The Morgan fingerprint density at radius 3 is 2.53 bits per heavy atom. The SMILES string of the molecule is C.Cc1cc(Cl)c2c(N)nc(C)nc2c1. The molecule has 1 aromatic heterocycles. The van der Waals surface area contributed by atoms with Crippen molar-refractivity contribution < 1.29 is 0 Å². The first kappa shape index (κ1) is 11.7. The molecule has 15 heavy (non-hydrogen) atoms. The van der Waals surface area contributed by atoms with Gasteiger partial charge in [0.25, 0.3) is 0 Å². The average molecular weight is 224 g/mol. The first-order valence-corrected chi connectivity index (χ1v) is 4.65. The molecule has 3 nitrogen and oxygen atoms in total. The Labute approximate surface area is 94.3 Å². The normalized spacial score (nSPS) is 10.1. The predicted molar refractivity (Wildman–Crippen MR) is 65.2 cm³/mol. The molecule has 0 saturated carbocycles. The van der Waals surface area contributed by atoms with E-state index >= 15 is 0 Å². The molecular weight excluding hydrogens is 210 g/mol. The minimum Gasteiger partial charge on any atom is -0.383 e. The summed E-state index contributed by atoms with van der Waals surface area (Å²) in [5.74, 6) is 1.11. The Bertz CT molecular complexity index is 466. The Morgan fingerprint density at radius 1 is 1.20 bits per heavy atom. The predicted octanol–water partition coefficient (Wildman–Crippen LogP) is 3.12. The highest BCUT2D eigenvalue weighted by Crippen LogP contribution is 2.27.